The highest BCUT2D eigenvalue weighted by Crippen LogP contribution is 2.24. The van der Waals surface area contributed by atoms with Crippen LogP contribution in [0, 0.1) is 0 Å². The van der Waals surface area contributed by atoms with Crippen LogP contribution in [0.3, 0.4) is 0 Å². The molecule has 2 unspecified atom stereocenters. The Kier molecular flexibility index (Phi) is 5.14. The number of aliphatic hydroxyl groups excluding tert-OH is 2. The van der Waals surface area contributed by atoms with Gasteiger partial charge in [0, 0.05) is 26.2 Å². The minimum Gasteiger partial charge on any atom is -0.394 e. The van der Waals surface area contributed by atoms with E-state index in [1.165, 1.54) is 0 Å². The lowest BCUT2D eigenvalue weighted by Gasteiger charge is -2.35. The molecule has 1 aromatic rings. The molecule has 0 aliphatic carbocycles. The molecule has 2 atom stereocenters. The van der Waals surface area contributed by atoms with E-state index in [2.05, 4.69) is 14.9 Å². The number of aromatic nitrogens is 2. The molecule has 1 aliphatic rings. The predicted octanol–water partition coefficient (Wildman–Crippen LogP) is 0.645. The summed E-state index contributed by atoms with van der Waals surface area (Å²) in [5, 5.41) is 18.9. The van der Waals surface area contributed by atoms with Gasteiger partial charge < -0.3 is 20.0 Å². The van der Waals surface area contributed by atoms with Crippen molar-refractivity contribution in [3.63, 3.8) is 0 Å². The predicted molar refractivity (Wildman–Crippen MR) is 79.1 cm³/mol. The van der Waals surface area contributed by atoms with E-state index in [-0.39, 0.29) is 12.6 Å². The minimum absolute atomic E-state index is 0.147. The van der Waals surface area contributed by atoms with Crippen molar-refractivity contribution < 1.29 is 10.2 Å². The molecular weight excluding hydrogens is 256 g/mol. The molecule has 6 nitrogen and oxygen atoms in total. The van der Waals surface area contributed by atoms with Crippen LogP contribution >= 0.6 is 0 Å². The van der Waals surface area contributed by atoms with Crippen LogP contribution in [0.1, 0.15) is 26.2 Å². The van der Waals surface area contributed by atoms with Gasteiger partial charge in [-0.25, -0.2) is 9.97 Å². The molecule has 2 N–H and O–H groups in total. The number of piperidine rings is 1. The summed E-state index contributed by atoms with van der Waals surface area (Å²) in [5.41, 5.74) is 0. The first-order chi connectivity index (χ1) is 9.61. The van der Waals surface area contributed by atoms with Crippen LogP contribution in [-0.2, 0) is 0 Å². The number of nitrogens with zero attached hydrogens (tertiary/aromatic N) is 4. The second-order valence-corrected chi connectivity index (χ2v) is 5.49. The lowest BCUT2D eigenvalue weighted by molar-refractivity contribution is 0.201. The van der Waals surface area contributed by atoms with E-state index >= 15 is 0 Å². The van der Waals surface area contributed by atoms with Crippen molar-refractivity contribution in [1.82, 2.24) is 9.97 Å². The zero-order chi connectivity index (χ0) is 14.5. The molecule has 0 saturated carbocycles. The zero-order valence-corrected chi connectivity index (χ0v) is 12.2. The van der Waals surface area contributed by atoms with Gasteiger partial charge in [-0.1, -0.05) is 0 Å². The molecule has 0 bridgehead atoms. The summed E-state index contributed by atoms with van der Waals surface area (Å²) in [6, 6.07) is 2.07. The summed E-state index contributed by atoms with van der Waals surface area (Å²) in [6.07, 6.45) is 4.42. The molecule has 1 fully saturated rings. The van der Waals surface area contributed by atoms with Gasteiger partial charge in [0.15, 0.2) is 0 Å². The molecule has 112 valence electrons. The van der Waals surface area contributed by atoms with Gasteiger partial charge in [-0.2, -0.15) is 0 Å². The Bertz CT molecular complexity index is 427. The minimum atomic E-state index is -0.404. The number of rotatable bonds is 5. The number of aliphatic hydroxyl groups is 2. The van der Waals surface area contributed by atoms with Crippen LogP contribution in [0.25, 0.3) is 0 Å². The van der Waals surface area contributed by atoms with Crippen LogP contribution in [0.2, 0.25) is 0 Å². The maximum atomic E-state index is 9.49. The zero-order valence-electron chi connectivity index (χ0n) is 12.2. The molecular formula is C14H24N4O2. The third-order valence-corrected chi connectivity index (χ3v) is 3.70. The van der Waals surface area contributed by atoms with Crippen LogP contribution in [0.15, 0.2) is 12.4 Å². The van der Waals surface area contributed by atoms with Crippen molar-refractivity contribution >= 4 is 11.6 Å². The fourth-order valence-corrected chi connectivity index (χ4v) is 2.68. The van der Waals surface area contributed by atoms with Crippen molar-refractivity contribution in [3.05, 3.63) is 12.4 Å². The molecule has 2 rings (SSSR count). The third kappa shape index (κ3) is 3.58. The summed E-state index contributed by atoms with van der Waals surface area (Å²) in [4.78, 5) is 12.7. The summed E-state index contributed by atoms with van der Waals surface area (Å²) < 4.78 is 0. The second kappa shape index (κ2) is 6.85. The quantitative estimate of drug-likeness (QED) is 0.825. The summed E-state index contributed by atoms with van der Waals surface area (Å²) in [7, 11) is 1.90. The highest BCUT2D eigenvalue weighted by atomic mass is 16.3. The van der Waals surface area contributed by atoms with Crippen molar-refractivity contribution in [2.45, 2.75) is 38.3 Å². The molecule has 2 heterocycles. The SMILES string of the molecule is CC(O)CN(C)c1cc(N2CCCCC2CO)ncn1. The molecule has 20 heavy (non-hydrogen) atoms. The molecule has 1 aromatic heterocycles. The Morgan fingerprint density at radius 3 is 2.95 bits per heavy atom. The van der Waals surface area contributed by atoms with Crippen molar-refractivity contribution in [2.24, 2.45) is 0 Å². The number of hydrogen-bond donors (Lipinski definition) is 2. The van der Waals surface area contributed by atoms with E-state index in [9.17, 15) is 10.2 Å². The van der Waals surface area contributed by atoms with Gasteiger partial charge in [-0.3, -0.25) is 0 Å². The van der Waals surface area contributed by atoms with Crippen LogP contribution in [0.4, 0.5) is 11.6 Å². The second-order valence-electron chi connectivity index (χ2n) is 5.49. The highest BCUT2D eigenvalue weighted by Gasteiger charge is 2.23. The van der Waals surface area contributed by atoms with Gasteiger partial charge in [0.25, 0.3) is 0 Å². The average Bonchev–Trinajstić information content (AvgIpc) is 2.46. The van der Waals surface area contributed by atoms with Crippen molar-refractivity contribution in [3.8, 4) is 0 Å². The van der Waals surface area contributed by atoms with E-state index in [0.29, 0.717) is 6.54 Å². The van der Waals surface area contributed by atoms with Gasteiger partial charge >= 0.3 is 0 Å². The molecule has 0 radical (unpaired) electrons. The molecule has 0 amide bonds. The molecule has 6 heteroatoms. The van der Waals surface area contributed by atoms with Gasteiger partial charge in [0.2, 0.25) is 0 Å². The smallest absolute Gasteiger partial charge is 0.134 e. The van der Waals surface area contributed by atoms with E-state index in [0.717, 1.165) is 37.4 Å². The van der Waals surface area contributed by atoms with Crippen molar-refractivity contribution in [1.29, 1.82) is 0 Å². The highest BCUT2D eigenvalue weighted by molar-refractivity contribution is 5.50. The first kappa shape index (κ1) is 15.0. The van der Waals surface area contributed by atoms with Gasteiger partial charge in [0.1, 0.15) is 18.0 Å². The monoisotopic (exact) mass is 280 g/mol. The molecule has 1 saturated heterocycles. The Balaban J connectivity index is 2.15. The average molecular weight is 280 g/mol. The number of anilines is 2. The van der Waals surface area contributed by atoms with E-state index < -0.39 is 6.10 Å². The largest absolute Gasteiger partial charge is 0.394 e. The first-order valence-corrected chi connectivity index (χ1v) is 7.20. The maximum Gasteiger partial charge on any atom is 0.134 e. The fourth-order valence-electron chi connectivity index (χ4n) is 2.68. The first-order valence-electron chi connectivity index (χ1n) is 7.20. The normalized spacial score (nSPS) is 20.8. The van der Waals surface area contributed by atoms with Crippen molar-refractivity contribution in [2.75, 3.05) is 36.5 Å². The molecule has 0 aromatic carbocycles. The lowest BCUT2D eigenvalue weighted by atomic mass is 10.0. The van der Waals surface area contributed by atoms with Crippen LogP contribution < -0.4 is 9.80 Å². The number of likely N-dealkylation sites (N-methyl/N-ethyl adjacent to an activating group) is 1. The summed E-state index contributed by atoms with van der Waals surface area (Å²) in [6.45, 7) is 3.36. The maximum absolute atomic E-state index is 9.49. The summed E-state index contributed by atoms with van der Waals surface area (Å²) in [5.74, 6) is 1.64. The standard InChI is InChI=1S/C14H24N4O2/c1-11(20)8-17(2)13-7-14(16-10-15-13)18-6-4-3-5-12(18)9-19/h7,10-12,19-20H,3-6,8-9H2,1-2H3. The Morgan fingerprint density at radius 1 is 1.45 bits per heavy atom. The van der Waals surface area contributed by atoms with E-state index in [4.69, 9.17) is 0 Å². The van der Waals surface area contributed by atoms with Gasteiger partial charge in [-0.05, 0) is 26.2 Å². The van der Waals surface area contributed by atoms with Gasteiger partial charge in [-0.15, -0.1) is 0 Å². The molecule has 1 aliphatic heterocycles. The molecule has 0 spiro atoms. The topological polar surface area (TPSA) is 72.7 Å². The lowest BCUT2D eigenvalue weighted by Crippen LogP contribution is -2.42. The van der Waals surface area contributed by atoms with E-state index in [1.807, 2.05) is 18.0 Å². The third-order valence-electron chi connectivity index (χ3n) is 3.70. The van der Waals surface area contributed by atoms with Crippen LogP contribution in [-0.4, -0.2) is 59.1 Å². The van der Waals surface area contributed by atoms with E-state index in [1.54, 1.807) is 13.3 Å². The fraction of sp³-hybridized carbons (Fsp3) is 0.714. The summed E-state index contributed by atoms with van der Waals surface area (Å²) >= 11 is 0. The van der Waals surface area contributed by atoms with Crippen LogP contribution in [0.5, 0.6) is 0 Å². The Labute approximate surface area is 120 Å². The Hall–Kier alpha value is -1.40. The van der Waals surface area contributed by atoms with Gasteiger partial charge in [0.05, 0.1) is 18.8 Å². The number of hydrogen-bond acceptors (Lipinski definition) is 6. The Morgan fingerprint density at radius 2 is 2.25 bits per heavy atom.